The number of nitrogens with zero attached hydrogens (tertiary/aromatic N) is 2. The summed E-state index contributed by atoms with van der Waals surface area (Å²) in [6.45, 7) is 4.77. The van der Waals surface area contributed by atoms with Gasteiger partial charge in [-0.3, -0.25) is 4.68 Å². The van der Waals surface area contributed by atoms with Crippen LogP contribution in [0, 0.1) is 0 Å². The van der Waals surface area contributed by atoms with E-state index >= 15 is 0 Å². The quantitative estimate of drug-likeness (QED) is 0.818. The van der Waals surface area contributed by atoms with Crippen molar-refractivity contribution in [3.8, 4) is 0 Å². The number of aromatic nitrogens is 2. The third kappa shape index (κ3) is 3.86. The molecule has 1 atom stereocenters. The summed E-state index contributed by atoms with van der Waals surface area (Å²) < 4.78 is 1.93. The summed E-state index contributed by atoms with van der Waals surface area (Å²) in [7, 11) is 1.97. The van der Waals surface area contributed by atoms with Gasteiger partial charge in [0.2, 0.25) is 0 Å². The van der Waals surface area contributed by atoms with E-state index in [2.05, 4.69) is 41.7 Å². The van der Waals surface area contributed by atoms with E-state index < -0.39 is 0 Å². The second-order valence-electron chi connectivity index (χ2n) is 5.51. The highest BCUT2D eigenvalue weighted by Crippen LogP contribution is 2.15. The Morgan fingerprint density at radius 1 is 1.38 bits per heavy atom. The first-order valence-corrected chi connectivity index (χ1v) is 7.88. The maximum absolute atomic E-state index is 12.0. The molecule has 21 heavy (non-hydrogen) atoms. The topological polar surface area (TPSA) is 59.0 Å². The summed E-state index contributed by atoms with van der Waals surface area (Å²) in [4.78, 5) is 12.0. The molecule has 1 aromatic rings. The van der Waals surface area contributed by atoms with Crippen molar-refractivity contribution in [2.75, 3.05) is 0 Å². The largest absolute Gasteiger partial charge is 0.335 e. The van der Waals surface area contributed by atoms with E-state index in [9.17, 15) is 4.79 Å². The molecule has 0 bridgehead atoms. The smallest absolute Gasteiger partial charge is 0.315 e. The molecule has 0 unspecified atom stereocenters. The predicted molar refractivity (Wildman–Crippen MR) is 84.1 cm³/mol. The number of allylic oxidation sites excluding steroid dienone is 1. The third-order valence-corrected chi connectivity index (χ3v) is 4.06. The molecular formula is C16H26N4O. The SMILES string of the molecule is CCc1nn(C)c(CC)c1CNC(=O)N[C@@H]1CC=CCC1. The highest BCUT2D eigenvalue weighted by atomic mass is 16.2. The molecule has 0 spiro atoms. The lowest BCUT2D eigenvalue weighted by Crippen LogP contribution is -2.42. The molecule has 0 saturated carbocycles. The Morgan fingerprint density at radius 3 is 2.81 bits per heavy atom. The lowest BCUT2D eigenvalue weighted by atomic mass is 10.0. The second-order valence-corrected chi connectivity index (χ2v) is 5.51. The van der Waals surface area contributed by atoms with Crippen molar-refractivity contribution in [2.45, 2.75) is 58.5 Å². The standard InChI is InChI=1S/C16H26N4O/c1-4-14-13(15(5-2)20(3)19-14)11-17-16(21)18-12-9-7-6-8-10-12/h6-7,12H,4-5,8-11H2,1-3H3,(H2,17,18,21)/t12-/m1/s1. The monoisotopic (exact) mass is 290 g/mol. The fourth-order valence-corrected chi connectivity index (χ4v) is 2.92. The van der Waals surface area contributed by atoms with Gasteiger partial charge >= 0.3 is 6.03 Å². The second kappa shape index (κ2) is 7.29. The number of rotatable bonds is 5. The third-order valence-electron chi connectivity index (χ3n) is 4.06. The van der Waals surface area contributed by atoms with Crippen LogP contribution in [0.2, 0.25) is 0 Å². The molecule has 1 heterocycles. The van der Waals surface area contributed by atoms with Gasteiger partial charge in [0.15, 0.2) is 0 Å². The van der Waals surface area contributed by atoms with Gasteiger partial charge in [0.1, 0.15) is 0 Å². The van der Waals surface area contributed by atoms with E-state index in [1.807, 2.05) is 11.7 Å². The zero-order valence-electron chi connectivity index (χ0n) is 13.3. The van der Waals surface area contributed by atoms with Gasteiger partial charge in [-0.15, -0.1) is 0 Å². The summed E-state index contributed by atoms with van der Waals surface area (Å²) >= 11 is 0. The van der Waals surface area contributed by atoms with E-state index in [1.54, 1.807) is 0 Å². The van der Waals surface area contributed by atoms with E-state index in [0.717, 1.165) is 37.8 Å². The summed E-state index contributed by atoms with van der Waals surface area (Å²) in [5.41, 5.74) is 3.45. The molecule has 2 N–H and O–H groups in total. The summed E-state index contributed by atoms with van der Waals surface area (Å²) in [6.07, 6.45) is 9.13. The molecule has 1 aromatic heterocycles. The van der Waals surface area contributed by atoms with Gasteiger partial charge in [-0.2, -0.15) is 5.10 Å². The van der Waals surface area contributed by atoms with Gasteiger partial charge in [-0.1, -0.05) is 26.0 Å². The zero-order valence-corrected chi connectivity index (χ0v) is 13.3. The van der Waals surface area contributed by atoms with Crippen LogP contribution in [0.4, 0.5) is 4.79 Å². The van der Waals surface area contributed by atoms with E-state index in [1.165, 1.54) is 11.3 Å². The van der Waals surface area contributed by atoms with Crippen molar-refractivity contribution < 1.29 is 4.79 Å². The Labute approximate surface area is 126 Å². The molecule has 0 fully saturated rings. The molecule has 0 radical (unpaired) electrons. The maximum atomic E-state index is 12.0. The van der Waals surface area contributed by atoms with Crippen LogP contribution in [0.15, 0.2) is 12.2 Å². The van der Waals surface area contributed by atoms with Crippen LogP contribution in [0.5, 0.6) is 0 Å². The number of urea groups is 1. The number of nitrogens with one attached hydrogen (secondary N) is 2. The van der Waals surface area contributed by atoms with Crippen molar-refractivity contribution in [3.63, 3.8) is 0 Å². The van der Waals surface area contributed by atoms with Crippen molar-refractivity contribution >= 4 is 6.03 Å². The van der Waals surface area contributed by atoms with Gasteiger partial charge in [-0.05, 0) is 32.1 Å². The number of aryl methyl sites for hydroxylation is 2. The van der Waals surface area contributed by atoms with Crippen LogP contribution in [-0.4, -0.2) is 21.9 Å². The van der Waals surface area contributed by atoms with Crippen LogP contribution in [0.1, 0.15) is 50.1 Å². The predicted octanol–water partition coefficient (Wildman–Crippen LogP) is 2.45. The number of amides is 2. The van der Waals surface area contributed by atoms with Crippen molar-refractivity contribution in [3.05, 3.63) is 29.1 Å². The van der Waals surface area contributed by atoms with E-state index in [4.69, 9.17) is 0 Å². The van der Waals surface area contributed by atoms with E-state index in [-0.39, 0.29) is 12.1 Å². The molecule has 116 valence electrons. The van der Waals surface area contributed by atoms with Crippen LogP contribution in [0.3, 0.4) is 0 Å². The molecule has 2 amide bonds. The van der Waals surface area contributed by atoms with Crippen LogP contribution in [0.25, 0.3) is 0 Å². The summed E-state index contributed by atoms with van der Waals surface area (Å²) in [5.74, 6) is 0. The van der Waals surface area contributed by atoms with Crippen LogP contribution >= 0.6 is 0 Å². The van der Waals surface area contributed by atoms with E-state index in [0.29, 0.717) is 6.54 Å². The summed E-state index contributed by atoms with van der Waals surface area (Å²) in [6, 6.07) is 0.184. The maximum Gasteiger partial charge on any atom is 0.315 e. The number of hydrogen-bond acceptors (Lipinski definition) is 2. The van der Waals surface area contributed by atoms with Crippen LogP contribution < -0.4 is 10.6 Å². The molecule has 1 aliphatic rings. The molecular weight excluding hydrogens is 264 g/mol. The summed E-state index contributed by atoms with van der Waals surface area (Å²) in [5, 5.41) is 10.6. The highest BCUT2D eigenvalue weighted by Gasteiger charge is 2.16. The lowest BCUT2D eigenvalue weighted by Gasteiger charge is -2.19. The number of carbonyl (C=O) groups is 1. The molecule has 0 aromatic carbocycles. The first-order valence-electron chi connectivity index (χ1n) is 7.88. The molecule has 5 nitrogen and oxygen atoms in total. The van der Waals surface area contributed by atoms with Crippen LogP contribution in [-0.2, 0) is 26.4 Å². The minimum Gasteiger partial charge on any atom is -0.335 e. The Bertz CT molecular complexity index is 519. The normalized spacial score (nSPS) is 17.8. The lowest BCUT2D eigenvalue weighted by molar-refractivity contribution is 0.235. The van der Waals surface area contributed by atoms with Gasteiger partial charge in [0.05, 0.1) is 5.69 Å². The van der Waals surface area contributed by atoms with Crippen molar-refractivity contribution in [2.24, 2.45) is 7.05 Å². The Morgan fingerprint density at radius 2 is 2.19 bits per heavy atom. The Balaban J connectivity index is 1.93. The number of carbonyl (C=O) groups excluding carboxylic acids is 1. The Kier molecular flexibility index (Phi) is 5.42. The van der Waals surface area contributed by atoms with Crippen molar-refractivity contribution in [1.29, 1.82) is 0 Å². The Hall–Kier alpha value is -1.78. The van der Waals surface area contributed by atoms with Gasteiger partial charge in [0.25, 0.3) is 0 Å². The van der Waals surface area contributed by atoms with Crippen molar-refractivity contribution in [1.82, 2.24) is 20.4 Å². The fourth-order valence-electron chi connectivity index (χ4n) is 2.92. The molecule has 1 aliphatic carbocycles. The van der Waals surface area contributed by atoms with Gasteiger partial charge < -0.3 is 10.6 Å². The molecule has 2 rings (SSSR count). The van der Waals surface area contributed by atoms with Gasteiger partial charge in [-0.25, -0.2) is 4.79 Å². The fraction of sp³-hybridized carbons (Fsp3) is 0.625. The average molecular weight is 290 g/mol. The molecule has 5 heteroatoms. The minimum atomic E-state index is -0.0803. The minimum absolute atomic E-state index is 0.0803. The highest BCUT2D eigenvalue weighted by molar-refractivity contribution is 5.74. The number of hydrogen-bond donors (Lipinski definition) is 2. The first-order chi connectivity index (χ1) is 10.2. The van der Waals surface area contributed by atoms with Gasteiger partial charge in [0, 0.05) is 30.9 Å². The first kappa shape index (κ1) is 15.6. The zero-order chi connectivity index (χ0) is 15.2. The molecule has 0 aliphatic heterocycles. The average Bonchev–Trinajstić information content (AvgIpc) is 2.81. The molecule has 0 saturated heterocycles.